The van der Waals surface area contributed by atoms with Crippen molar-refractivity contribution in [3.8, 4) is 16.9 Å². The van der Waals surface area contributed by atoms with E-state index in [0.29, 0.717) is 17.2 Å². The summed E-state index contributed by atoms with van der Waals surface area (Å²) in [6, 6.07) is 28.1. The Bertz CT molecular complexity index is 1330. The average Bonchev–Trinajstić information content (AvgIpc) is 3.37. The Balaban J connectivity index is 1.27. The van der Waals surface area contributed by atoms with Crippen LogP contribution in [0.1, 0.15) is 34.6 Å². The van der Waals surface area contributed by atoms with Crippen LogP contribution in [0.2, 0.25) is 5.02 Å². The number of hydrogen-bond donors (Lipinski definition) is 0. The standard InChI is InChI=1S/C31H29ClFNO/c1-21-16-25(30-19-29(35-2)12-13-31(30)33)9-8-23(21)17-22-6-10-28(11-7-22)34-15-14-26(20-34)24-4-3-5-27(32)18-24/h3-13,16,18-19,26H,14-15,17,20H2,1-2H3. The van der Waals surface area contributed by atoms with Gasteiger partial charge in [0.2, 0.25) is 0 Å². The van der Waals surface area contributed by atoms with Crippen LogP contribution < -0.4 is 9.64 Å². The molecule has 1 fully saturated rings. The van der Waals surface area contributed by atoms with Crippen LogP contribution in [-0.4, -0.2) is 20.2 Å². The van der Waals surface area contributed by atoms with Gasteiger partial charge in [0.15, 0.2) is 0 Å². The molecule has 178 valence electrons. The summed E-state index contributed by atoms with van der Waals surface area (Å²) in [5.74, 6) is 0.928. The first-order valence-electron chi connectivity index (χ1n) is 12.0. The zero-order valence-corrected chi connectivity index (χ0v) is 20.9. The van der Waals surface area contributed by atoms with Crippen LogP contribution in [0.5, 0.6) is 5.75 Å². The van der Waals surface area contributed by atoms with Crippen molar-refractivity contribution in [2.24, 2.45) is 0 Å². The van der Waals surface area contributed by atoms with Crippen molar-refractivity contribution in [3.05, 3.63) is 118 Å². The predicted octanol–water partition coefficient (Wildman–Crippen LogP) is 8.05. The fourth-order valence-corrected chi connectivity index (χ4v) is 5.18. The molecule has 1 aliphatic heterocycles. The summed E-state index contributed by atoms with van der Waals surface area (Å²) >= 11 is 6.20. The average molecular weight is 486 g/mol. The minimum atomic E-state index is -0.243. The van der Waals surface area contributed by atoms with Crippen molar-refractivity contribution in [1.29, 1.82) is 0 Å². The second-order valence-corrected chi connectivity index (χ2v) is 9.75. The second-order valence-electron chi connectivity index (χ2n) is 9.32. The molecule has 0 aliphatic carbocycles. The highest BCUT2D eigenvalue weighted by molar-refractivity contribution is 6.30. The largest absolute Gasteiger partial charge is 0.497 e. The number of aryl methyl sites for hydroxylation is 1. The molecule has 0 bridgehead atoms. The van der Waals surface area contributed by atoms with Gasteiger partial charge in [-0.1, -0.05) is 54.1 Å². The molecule has 2 nitrogen and oxygen atoms in total. The molecular weight excluding hydrogens is 457 g/mol. The van der Waals surface area contributed by atoms with Crippen LogP contribution in [0.25, 0.3) is 11.1 Å². The number of anilines is 1. The highest BCUT2D eigenvalue weighted by atomic mass is 35.5. The Morgan fingerprint density at radius 3 is 2.54 bits per heavy atom. The van der Waals surface area contributed by atoms with Crippen molar-refractivity contribution >= 4 is 17.3 Å². The van der Waals surface area contributed by atoms with Gasteiger partial charge in [0.25, 0.3) is 0 Å². The third-order valence-electron chi connectivity index (χ3n) is 7.03. The van der Waals surface area contributed by atoms with Crippen molar-refractivity contribution in [2.75, 3.05) is 25.1 Å². The van der Waals surface area contributed by atoms with E-state index in [0.717, 1.165) is 42.1 Å². The number of rotatable bonds is 6. The lowest BCUT2D eigenvalue weighted by Gasteiger charge is -2.19. The van der Waals surface area contributed by atoms with Crippen molar-refractivity contribution in [1.82, 2.24) is 0 Å². The van der Waals surface area contributed by atoms with Crippen molar-refractivity contribution < 1.29 is 9.13 Å². The van der Waals surface area contributed by atoms with Crippen molar-refractivity contribution in [3.63, 3.8) is 0 Å². The summed E-state index contributed by atoms with van der Waals surface area (Å²) in [5, 5.41) is 0.808. The van der Waals surface area contributed by atoms with E-state index in [9.17, 15) is 4.39 Å². The molecular formula is C31H29ClFNO. The Labute approximate surface area is 211 Å². The molecule has 1 atom stereocenters. The molecule has 5 rings (SSSR count). The molecule has 0 radical (unpaired) electrons. The molecule has 4 aromatic rings. The molecule has 0 saturated carbocycles. The number of halogens is 2. The summed E-state index contributed by atoms with van der Waals surface area (Å²) in [4.78, 5) is 2.46. The van der Waals surface area contributed by atoms with Gasteiger partial charge >= 0.3 is 0 Å². The minimum Gasteiger partial charge on any atom is -0.497 e. The number of benzene rings is 4. The van der Waals surface area contributed by atoms with E-state index in [1.165, 1.54) is 28.4 Å². The van der Waals surface area contributed by atoms with Gasteiger partial charge in [-0.05, 0) is 90.0 Å². The molecule has 1 heterocycles. The first-order chi connectivity index (χ1) is 17.0. The number of ether oxygens (including phenoxy) is 1. The van der Waals surface area contributed by atoms with E-state index >= 15 is 0 Å². The highest BCUT2D eigenvalue weighted by Crippen LogP contribution is 2.33. The highest BCUT2D eigenvalue weighted by Gasteiger charge is 2.24. The molecule has 1 aliphatic rings. The summed E-state index contributed by atoms with van der Waals surface area (Å²) in [6.45, 7) is 4.16. The topological polar surface area (TPSA) is 12.5 Å². The lowest BCUT2D eigenvalue weighted by molar-refractivity contribution is 0.414. The molecule has 4 aromatic carbocycles. The summed E-state index contributed by atoms with van der Waals surface area (Å²) < 4.78 is 19.7. The summed E-state index contributed by atoms with van der Waals surface area (Å²) in [5.41, 5.74) is 7.67. The first-order valence-corrected chi connectivity index (χ1v) is 12.4. The second kappa shape index (κ2) is 10.1. The van der Waals surface area contributed by atoms with Crippen LogP contribution in [-0.2, 0) is 6.42 Å². The van der Waals surface area contributed by atoms with E-state index in [4.69, 9.17) is 16.3 Å². The van der Waals surface area contributed by atoms with Gasteiger partial charge in [-0.15, -0.1) is 0 Å². The van der Waals surface area contributed by atoms with Crippen LogP contribution >= 0.6 is 11.6 Å². The smallest absolute Gasteiger partial charge is 0.131 e. The van der Waals surface area contributed by atoms with E-state index < -0.39 is 0 Å². The van der Waals surface area contributed by atoms with Gasteiger partial charge in [0, 0.05) is 35.3 Å². The Kier molecular flexibility index (Phi) is 6.79. The lowest BCUT2D eigenvalue weighted by Crippen LogP contribution is -2.19. The Morgan fingerprint density at radius 2 is 1.80 bits per heavy atom. The van der Waals surface area contributed by atoms with Crippen LogP contribution in [0.15, 0.2) is 84.9 Å². The molecule has 1 saturated heterocycles. The van der Waals surface area contributed by atoms with Gasteiger partial charge < -0.3 is 9.64 Å². The van der Waals surface area contributed by atoms with E-state index in [1.807, 2.05) is 18.2 Å². The number of hydrogen-bond acceptors (Lipinski definition) is 2. The molecule has 0 spiro atoms. The normalized spacial score (nSPS) is 15.4. The fraction of sp³-hybridized carbons (Fsp3) is 0.226. The maximum Gasteiger partial charge on any atom is 0.131 e. The lowest BCUT2D eigenvalue weighted by atomic mass is 9.95. The van der Waals surface area contributed by atoms with Gasteiger partial charge in [-0.25, -0.2) is 4.39 Å². The summed E-state index contributed by atoms with van der Waals surface area (Å²) in [7, 11) is 1.60. The van der Waals surface area contributed by atoms with Crippen LogP contribution in [0.3, 0.4) is 0 Å². The first kappa shape index (κ1) is 23.4. The summed E-state index contributed by atoms with van der Waals surface area (Å²) in [6.07, 6.45) is 1.99. The Hall–Kier alpha value is -3.30. The molecule has 0 N–H and O–H groups in total. The predicted molar refractivity (Wildman–Crippen MR) is 143 cm³/mol. The molecule has 35 heavy (non-hydrogen) atoms. The molecule has 4 heteroatoms. The maximum atomic E-state index is 14.4. The third kappa shape index (κ3) is 5.21. The van der Waals surface area contributed by atoms with Crippen LogP contribution in [0, 0.1) is 12.7 Å². The van der Waals surface area contributed by atoms with Gasteiger partial charge in [-0.3, -0.25) is 0 Å². The van der Waals surface area contributed by atoms with E-state index in [-0.39, 0.29) is 5.82 Å². The fourth-order valence-electron chi connectivity index (χ4n) is 4.99. The number of nitrogens with zero attached hydrogens (tertiary/aromatic N) is 1. The number of methoxy groups -OCH3 is 1. The maximum absolute atomic E-state index is 14.4. The van der Waals surface area contributed by atoms with E-state index in [1.54, 1.807) is 19.2 Å². The van der Waals surface area contributed by atoms with Gasteiger partial charge in [0.1, 0.15) is 11.6 Å². The van der Waals surface area contributed by atoms with Crippen LogP contribution in [0.4, 0.5) is 10.1 Å². The zero-order chi connectivity index (χ0) is 24.4. The van der Waals surface area contributed by atoms with Gasteiger partial charge in [0.05, 0.1) is 7.11 Å². The van der Waals surface area contributed by atoms with Crippen molar-refractivity contribution in [2.45, 2.75) is 25.7 Å². The third-order valence-corrected chi connectivity index (χ3v) is 7.27. The molecule has 0 amide bonds. The Morgan fingerprint density at radius 1 is 0.971 bits per heavy atom. The van der Waals surface area contributed by atoms with Gasteiger partial charge in [-0.2, -0.15) is 0 Å². The minimum absolute atomic E-state index is 0.243. The monoisotopic (exact) mass is 485 g/mol. The van der Waals surface area contributed by atoms with E-state index in [2.05, 4.69) is 60.4 Å². The SMILES string of the molecule is COc1ccc(F)c(-c2ccc(Cc3ccc(N4CCC(c5cccc(Cl)c5)C4)cc3)c(C)c2)c1. The molecule has 0 aromatic heterocycles. The quantitative estimate of drug-likeness (QED) is 0.274. The zero-order valence-electron chi connectivity index (χ0n) is 20.1. The molecule has 1 unspecified atom stereocenters.